The summed E-state index contributed by atoms with van der Waals surface area (Å²) in [6.45, 7) is 4.39. The van der Waals surface area contributed by atoms with Gasteiger partial charge in [-0.15, -0.1) is 11.3 Å². The average molecular weight is 345 g/mol. The molecule has 2 aliphatic rings. The van der Waals surface area contributed by atoms with Crippen LogP contribution in [0.3, 0.4) is 0 Å². The van der Waals surface area contributed by atoms with Gasteiger partial charge in [-0.3, -0.25) is 14.3 Å². The Balaban J connectivity index is 1.41. The summed E-state index contributed by atoms with van der Waals surface area (Å²) in [7, 11) is 1.79. The van der Waals surface area contributed by atoms with Gasteiger partial charge in [-0.05, 0) is 6.92 Å². The fraction of sp³-hybridized carbons (Fsp3) is 0.500. The zero-order valence-electron chi connectivity index (χ0n) is 13.7. The third-order valence-corrected chi connectivity index (χ3v) is 5.61. The number of nitrogens with zero attached hydrogens (tertiary/aromatic N) is 5. The molecule has 2 amide bonds. The first-order valence-electron chi connectivity index (χ1n) is 7.99. The maximum atomic E-state index is 12.7. The number of carbonyl (C=O) groups is 2. The Kier molecular flexibility index (Phi) is 3.64. The number of carbonyl (C=O) groups excluding carboxylic acids is 2. The minimum absolute atomic E-state index is 0.0352. The van der Waals surface area contributed by atoms with Crippen molar-refractivity contribution in [2.75, 3.05) is 19.6 Å². The molecule has 0 aliphatic carbocycles. The lowest BCUT2D eigenvalue weighted by molar-refractivity contribution is -0.131. The lowest BCUT2D eigenvalue weighted by Gasteiger charge is -2.21. The largest absolute Gasteiger partial charge is 0.337 e. The highest BCUT2D eigenvalue weighted by Gasteiger charge is 2.47. The smallest absolute Gasteiger partial charge is 0.257 e. The van der Waals surface area contributed by atoms with Crippen LogP contribution in [-0.2, 0) is 18.4 Å². The number of aryl methyl sites for hydroxylation is 2. The number of amides is 2. The van der Waals surface area contributed by atoms with E-state index in [1.54, 1.807) is 40.4 Å². The van der Waals surface area contributed by atoms with Gasteiger partial charge in [0.15, 0.2) is 0 Å². The van der Waals surface area contributed by atoms with Crippen LogP contribution in [0.5, 0.6) is 0 Å². The first-order chi connectivity index (χ1) is 11.5. The van der Waals surface area contributed by atoms with Gasteiger partial charge in [-0.1, -0.05) is 0 Å². The molecule has 2 saturated heterocycles. The molecule has 4 rings (SSSR count). The second kappa shape index (κ2) is 5.70. The minimum Gasteiger partial charge on any atom is -0.337 e. The zero-order chi connectivity index (χ0) is 16.8. The summed E-state index contributed by atoms with van der Waals surface area (Å²) in [4.78, 5) is 33.3. The number of rotatable bonds is 3. The highest BCUT2D eigenvalue weighted by atomic mass is 32.1. The van der Waals surface area contributed by atoms with Gasteiger partial charge in [0, 0.05) is 44.2 Å². The van der Waals surface area contributed by atoms with Crippen molar-refractivity contribution in [2.24, 2.45) is 18.9 Å². The van der Waals surface area contributed by atoms with Crippen molar-refractivity contribution in [3.63, 3.8) is 0 Å². The first-order valence-corrected chi connectivity index (χ1v) is 8.87. The standard InChI is InChI=1S/C16H19N5O2S/c1-10-18-13(9-24-10)7-20-5-12-6-21(8-14(12)16(20)23)15(22)11-3-17-19(2)4-11/h3-4,9,12,14H,5-8H2,1-2H3/t12-,14+/m0/s1. The number of hydrogen-bond donors (Lipinski definition) is 0. The van der Waals surface area contributed by atoms with E-state index in [2.05, 4.69) is 10.1 Å². The highest BCUT2D eigenvalue weighted by Crippen LogP contribution is 2.33. The van der Waals surface area contributed by atoms with E-state index in [1.165, 1.54) is 0 Å². The molecule has 2 aliphatic heterocycles. The number of fused-ring (bicyclic) bond motifs is 1. The van der Waals surface area contributed by atoms with Crippen molar-refractivity contribution >= 4 is 23.2 Å². The third kappa shape index (κ3) is 2.60. The van der Waals surface area contributed by atoms with Gasteiger partial charge >= 0.3 is 0 Å². The lowest BCUT2D eigenvalue weighted by atomic mass is 10.0. The van der Waals surface area contributed by atoms with Crippen molar-refractivity contribution in [3.05, 3.63) is 34.0 Å². The van der Waals surface area contributed by atoms with E-state index < -0.39 is 0 Å². The predicted octanol–water partition coefficient (Wildman–Crippen LogP) is 0.916. The van der Waals surface area contributed by atoms with Gasteiger partial charge in [0.2, 0.25) is 5.91 Å². The molecule has 0 N–H and O–H groups in total. The van der Waals surface area contributed by atoms with E-state index in [4.69, 9.17) is 0 Å². The second-order valence-electron chi connectivity index (χ2n) is 6.56. The molecule has 0 bridgehead atoms. The van der Waals surface area contributed by atoms with Crippen molar-refractivity contribution in [3.8, 4) is 0 Å². The van der Waals surface area contributed by atoms with Gasteiger partial charge in [-0.25, -0.2) is 4.98 Å². The van der Waals surface area contributed by atoms with E-state index >= 15 is 0 Å². The summed E-state index contributed by atoms with van der Waals surface area (Å²) in [6.07, 6.45) is 3.30. The monoisotopic (exact) mass is 345 g/mol. The van der Waals surface area contributed by atoms with Crippen molar-refractivity contribution in [1.29, 1.82) is 0 Å². The summed E-state index contributed by atoms with van der Waals surface area (Å²) in [6, 6.07) is 0. The summed E-state index contributed by atoms with van der Waals surface area (Å²) in [5.41, 5.74) is 1.54. The topological polar surface area (TPSA) is 71.3 Å². The fourth-order valence-electron chi connectivity index (χ4n) is 3.64. The van der Waals surface area contributed by atoms with Crippen LogP contribution in [0, 0.1) is 18.8 Å². The quantitative estimate of drug-likeness (QED) is 0.829. The van der Waals surface area contributed by atoms with Crippen molar-refractivity contribution < 1.29 is 9.59 Å². The van der Waals surface area contributed by atoms with E-state index in [-0.39, 0.29) is 23.7 Å². The van der Waals surface area contributed by atoms with Gasteiger partial charge < -0.3 is 9.80 Å². The summed E-state index contributed by atoms with van der Waals surface area (Å²) in [5, 5.41) is 7.07. The minimum atomic E-state index is -0.0784. The third-order valence-electron chi connectivity index (χ3n) is 4.78. The Morgan fingerprint density at radius 3 is 2.83 bits per heavy atom. The molecule has 2 fully saturated rings. The van der Waals surface area contributed by atoms with Crippen LogP contribution in [-0.4, -0.2) is 56.0 Å². The second-order valence-corrected chi connectivity index (χ2v) is 7.62. The first kappa shape index (κ1) is 15.3. The number of thiazole rings is 1. The van der Waals surface area contributed by atoms with Crippen LogP contribution < -0.4 is 0 Å². The number of hydrogen-bond acceptors (Lipinski definition) is 5. The Morgan fingerprint density at radius 1 is 1.38 bits per heavy atom. The SMILES string of the molecule is Cc1nc(CN2C[C@H]3CN(C(=O)c4cnn(C)c4)C[C@H]3C2=O)cs1. The molecule has 0 unspecified atom stereocenters. The number of aromatic nitrogens is 3. The fourth-order valence-corrected chi connectivity index (χ4v) is 4.25. The van der Waals surface area contributed by atoms with Crippen molar-refractivity contribution in [1.82, 2.24) is 24.6 Å². The van der Waals surface area contributed by atoms with Crippen LogP contribution in [0.2, 0.25) is 0 Å². The van der Waals surface area contributed by atoms with Gasteiger partial charge in [-0.2, -0.15) is 5.10 Å². The van der Waals surface area contributed by atoms with E-state index in [0.717, 1.165) is 10.7 Å². The molecule has 0 aromatic carbocycles. The van der Waals surface area contributed by atoms with Gasteiger partial charge in [0.25, 0.3) is 5.91 Å². The molecular formula is C16H19N5O2S. The molecular weight excluding hydrogens is 326 g/mol. The van der Waals surface area contributed by atoms with Crippen LogP contribution in [0.15, 0.2) is 17.8 Å². The summed E-state index contributed by atoms with van der Waals surface area (Å²) >= 11 is 1.60. The Hall–Kier alpha value is -2.22. The molecule has 126 valence electrons. The lowest BCUT2D eigenvalue weighted by Crippen LogP contribution is -2.35. The molecule has 2 aromatic heterocycles. The van der Waals surface area contributed by atoms with Gasteiger partial charge in [0.1, 0.15) is 0 Å². The molecule has 8 heteroatoms. The number of likely N-dealkylation sites (tertiary alicyclic amines) is 2. The molecule has 7 nitrogen and oxygen atoms in total. The molecule has 2 atom stereocenters. The van der Waals surface area contributed by atoms with Crippen molar-refractivity contribution in [2.45, 2.75) is 13.5 Å². The Morgan fingerprint density at radius 2 is 2.21 bits per heavy atom. The van der Waals surface area contributed by atoms with Crippen LogP contribution in [0.4, 0.5) is 0 Å². The predicted molar refractivity (Wildman–Crippen MR) is 88.4 cm³/mol. The molecule has 0 radical (unpaired) electrons. The molecule has 24 heavy (non-hydrogen) atoms. The van der Waals surface area contributed by atoms with E-state index in [1.807, 2.05) is 17.2 Å². The maximum Gasteiger partial charge on any atom is 0.257 e. The zero-order valence-corrected chi connectivity index (χ0v) is 14.5. The van der Waals surface area contributed by atoms with E-state index in [0.29, 0.717) is 31.7 Å². The molecule has 0 spiro atoms. The Bertz CT molecular complexity index is 798. The molecule has 4 heterocycles. The summed E-state index contributed by atoms with van der Waals surface area (Å²) in [5.74, 6) is 0.252. The Labute approximate surface area is 143 Å². The summed E-state index contributed by atoms with van der Waals surface area (Å²) < 4.78 is 1.62. The van der Waals surface area contributed by atoms with Crippen LogP contribution in [0.25, 0.3) is 0 Å². The molecule has 2 aromatic rings. The average Bonchev–Trinajstić information content (AvgIpc) is 3.29. The molecule has 0 saturated carbocycles. The van der Waals surface area contributed by atoms with Crippen LogP contribution >= 0.6 is 11.3 Å². The van der Waals surface area contributed by atoms with Crippen LogP contribution in [0.1, 0.15) is 21.1 Å². The highest BCUT2D eigenvalue weighted by molar-refractivity contribution is 7.09. The maximum absolute atomic E-state index is 12.7. The van der Waals surface area contributed by atoms with E-state index in [9.17, 15) is 9.59 Å². The van der Waals surface area contributed by atoms with Gasteiger partial charge in [0.05, 0.1) is 34.9 Å². The normalized spacial score (nSPS) is 23.2.